The van der Waals surface area contributed by atoms with Gasteiger partial charge in [0, 0.05) is 5.69 Å². The predicted molar refractivity (Wildman–Crippen MR) is 113 cm³/mol. The van der Waals surface area contributed by atoms with Gasteiger partial charge in [0.1, 0.15) is 5.82 Å². The maximum absolute atomic E-state index is 14.3. The summed E-state index contributed by atoms with van der Waals surface area (Å²) >= 11 is 0. The number of hydrogen-bond acceptors (Lipinski definition) is 5. The predicted octanol–water partition coefficient (Wildman–Crippen LogP) is 5.67. The first-order chi connectivity index (χ1) is 14.3. The summed E-state index contributed by atoms with van der Waals surface area (Å²) in [6.07, 6.45) is 0. The number of aromatic nitrogens is 1. The number of nitrogens with one attached hydrogen (secondary N) is 1. The Balaban J connectivity index is 1.85. The number of benzene rings is 3. The Morgan fingerprint density at radius 2 is 1.47 bits per heavy atom. The van der Waals surface area contributed by atoms with Crippen LogP contribution in [0.15, 0.2) is 87.1 Å². The molecule has 152 valence electrons. The second-order valence-corrected chi connectivity index (χ2v) is 8.81. The highest BCUT2D eigenvalue weighted by Crippen LogP contribution is 2.35. The molecule has 0 unspecified atom stereocenters. The normalized spacial score (nSPS) is 11.4. The summed E-state index contributed by atoms with van der Waals surface area (Å²) in [7, 11) is -4.00. The third kappa shape index (κ3) is 3.84. The van der Waals surface area contributed by atoms with E-state index in [2.05, 4.69) is 10.3 Å². The first kappa shape index (κ1) is 19.8. The highest BCUT2D eigenvalue weighted by Gasteiger charge is 2.29. The van der Waals surface area contributed by atoms with Crippen LogP contribution in [0, 0.1) is 19.7 Å². The molecule has 0 saturated heterocycles. The van der Waals surface area contributed by atoms with Crippen LogP contribution in [0.1, 0.15) is 11.1 Å². The summed E-state index contributed by atoms with van der Waals surface area (Å²) in [5, 5.41) is 2.67. The Morgan fingerprint density at radius 3 is 2.10 bits per heavy atom. The van der Waals surface area contributed by atoms with Crippen molar-refractivity contribution in [1.82, 2.24) is 4.98 Å². The van der Waals surface area contributed by atoms with E-state index >= 15 is 0 Å². The topological polar surface area (TPSA) is 72.2 Å². The molecule has 0 radical (unpaired) electrons. The van der Waals surface area contributed by atoms with Gasteiger partial charge in [-0.2, -0.15) is 4.98 Å². The van der Waals surface area contributed by atoms with Gasteiger partial charge in [-0.3, -0.25) is 0 Å². The number of sulfone groups is 1. The molecule has 0 fully saturated rings. The van der Waals surface area contributed by atoms with Crippen LogP contribution in [0.4, 0.5) is 16.0 Å². The monoisotopic (exact) mass is 422 g/mol. The van der Waals surface area contributed by atoms with E-state index in [4.69, 9.17) is 4.42 Å². The molecule has 1 aromatic heterocycles. The van der Waals surface area contributed by atoms with E-state index in [1.54, 1.807) is 30.3 Å². The number of aryl methyl sites for hydroxylation is 2. The van der Waals surface area contributed by atoms with Crippen molar-refractivity contribution in [3.8, 4) is 11.5 Å². The standard InChI is InChI=1S/C23H19FN2O3S/c1-15-7-11-17(12-8-15)25-22-23(30(27,28)18-13-9-16(2)10-14-18)26-21(29-22)19-5-3-4-6-20(19)24/h3-14,25H,1-2H3. The molecule has 0 atom stereocenters. The van der Waals surface area contributed by atoms with Crippen LogP contribution in [0.5, 0.6) is 0 Å². The van der Waals surface area contributed by atoms with Crippen LogP contribution < -0.4 is 5.32 Å². The lowest BCUT2D eigenvalue weighted by molar-refractivity contribution is 0.572. The maximum Gasteiger partial charge on any atom is 0.238 e. The van der Waals surface area contributed by atoms with E-state index in [0.717, 1.165) is 11.1 Å². The number of hydrogen-bond donors (Lipinski definition) is 1. The van der Waals surface area contributed by atoms with Crippen LogP contribution in [0.25, 0.3) is 11.5 Å². The molecule has 1 heterocycles. The van der Waals surface area contributed by atoms with Gasteiger partial charge < -0.3 is 9.73 Å². The number of halogens is 1. The summed E-state index contributed by atoms with van der Waals surface area (Å²) in [5.41, 5.74) is 2.68. The molecule has 0 spiro atoms. The van der Waals surface area contributed by atoms with Crippen molar-refractivity contribution >= 4 is 21.4 Å². The second-order valence-electron chi connectivity index (χ2n) is 6.94. The quantitative estimate of drug-likeness (QED) is 0.448. The Kier molecular flexibility index (Phi) is 5.13. The number of oxazole rings is 1. The highest BCUT2D eigenvalue weighted by molar-refractivity contribution is 7.91. The molecule has 7 heteroatoms. The Bertz CT molecular complexity index is 1300. The van der Waals surface area contributed by atoms with Gasteiger partial charge in [0.25, 0.3) is 0 Å². The van der Waals surface area contributed by atoms with Crippen molar-refractivity contribution in [3.05, 3.63) is 89.7 Å². The van der Waals surface area contributed by atoms with Crippen LogP contribution in [0.2, 0.25) is 0 Å². The Morgan fingerprint density at radius 1 is 0.867 bits per heavy atom. The number of anilines is 2. The van der Waals surface area contributed by atoms with Gasteiger partial charge in [0.15, 0.2) is 0 Å². The second kappa shape index (κ2) is 7.76. The number of rotatable bonds is 5. The Labute approximate surface area is 174 Å². The smallest absolute Gasteiger partial charge is 0.238 e. The van der Waals surface area contributed by atoms with Crippen LogP contribution in [-0.4, -0.2) is 13.4 Å². The van der Waals surface area contributed by atoms with E-state index in [1.165, 1.54) is 30.3 Å². The van der Waals surface area contributed by atoms with Gasteiger partial charge in [-0.15, -0.1) is 0 Å². The van der Waals surface area contributed by atoms with Gasteiger partial charge in [-0.1, -0.05) is 47.5 Å². The fourth-order valence-electron chi connectivity index (χ4n) is 2.91. The van der Waals surface area contributed by atoms with Crippen LogP contribution >= 0.6 is 0 Å². The molecular formula is C23H19FN2O3S. The maximum atomic E-state index is 14.3. The van der Waals surface area contributed by atoms with Crippen molar-refractivity contribution in [1.29, 1.82) is 0 Å². The third-order valence-electron chi connectivity index (χ3n) is 4.60. The molecule has 5 nitrogen and oxygen atoms in total. The van der Waals surface area contributed by atoms with Crippen molar-refractivity contribution < 1.29 is 17.2 Å². The zero-order valence-electron chi connectivity index (χ0n) is 16.4. The molecule has 3 aromatic carbocycles. The van der Waals surface area contributed by atoms with Gasteiger partial charge in [0.05, 0.1) is 10.5 Å². The van der Waals surface area contributed by atoms with Crippen LogP contribution in [0.3, 0.4) is 0 Å². The highest BCUT2D eigenvalue weighted by atomic mass is 32.2. The first-order valence-corrected chi connectivity index (χ1v) is 10.7. The Hall–Kier alpha value is -3.45. The molecular weight excluding hydrogens is 403 g/mol. The SMILES string of the molecule is Cc1ccc(Nc2oc(-c3ccccc3F)nc2S(=O)(=O)c2ccc(C)cc2)cc1. The minimum atomic E-state index is -4.00. The molecule has 1 N–H and O–H groups in total. The lowest BCUT2D eigenvalue weighted by Crippen LogP contribution is -2.05. The van der Waals surface area contributed by atoms with Gasteiger partial charge in [0.2, 0.25) is 26.6 Å². The largest absolute Gasteiger partial charge is 0.419 e. The molecule has 4 rings (SSSR count). The molecule has 0 aliphatic carbocycles. The van der Waals surface area contributed by atoms with E-state index in [-0.39, 0.29) is 27.3 Å². The van der Waals surface area contributed by atoms with Crippen molar-refractivity contribution in [2.75, 3.05) is 5.32 Å². The van der Waals surface area contributed by atoms with Crippen LogP contribution in [-0.2, 0) is 9.84 Å². The van der Waals surface area contributed by atoms with E-state index in [0.29, 0.717) is 5.69 Å². The number of nitrogens with zero attached hydrogens (tertiary/aromatic N) is 1. The molecule has 4 aromatic rings. The zero-order valence-corrected chi connectivity index (χ0v) is 17.2. The molecule has 0 saturated carbocycles. The summed E-state index contributed by atoms with van der Waals surface area (Å²) in [6, 6.07) is 19.7. The average Bonchev–Trinajstić information content (AvgIpc) is 3.15. The average molecular weight is 422 g/mol. The van der Waals surface area contributed by atoms with Crippen molar-refractivity contribution in [2.45, 2.75) is 23.8 Å². The fraction of sp³-hybridized carbons (Fsp3) is 0.0870. The third-order valence-corrected chi connectivity index (χ3v) is 6.27. The molecule has 30 heavy (non-hydrogen) atoms. The van der Waals surface area contributed by atoms with E-state index < -0.39 is 15.7 Å². The summed E-state index contributed by atoms with van der Waals surface area (Å²) in [4.78, 5) is 4.25. The minimum absolute atomic E-state index is 0.0716. The summed E-state index contributed by atoms with van der Waals surface area (Å²) in [6.45, 7) is 3.81. The van der Waals surface area contributed by atoms with Crippen molar-refractivity contribution in [2.24, 2.45) is 0 Å². The molecule has 0 aliphatic heterocycles. The lowest BCUT2D eigenvalue weighted by Gasteiger charge is -2.07. The van der Waals surface area contributed by atoms with Gasteiger partial charge in [-0.05, 0) is 50.2 Å². The minimum Gasteiger partial charge on any atom is -0.419 e. The van der Waals surface area contributed by atoms with Crippen molar-refractivity contribution in [3.63, 3.8) is 0 Å². The molecule has 0 bridgehead atoms. The van der Waals surface area contributed by atoms with E-state index in [9.17, 15) is 12.8 Å². The lowest BCUT2D eigenvalue weighted by atomic mass is 10.2. The molecule has 0 amide bonds. The van der Waals surface area contributed by atoms with Gasteiger partial charge >= 0.3 is 0 Å². The first-order valence-electron chi connectivity index (χ1n) is 9.26. The van der Waals surface area contributed by atoms with E-state index in [1.807, 2.05) is 26.0 Å². The molecule has 0 aliphatic rings. The van der Waals surface area contributed by atoms with Gasteiger partial charge in [-0.25, -0.2) is 12.8 Å². The zero-order chi connectivity index (χ0) is 21.3. The summed E-state index contributed by atoms with van der Waals surface area (Å²) < 4.78 is 46.6. The fourth-order valence-corrected chi connectivity index (χ4v) is 4.17. The summed E-state index contributed by atoms with van der Waals surface area (Å²) in [5.74, 6) is -0.744.